The number of carbonyl (C=O) groups excluding carboxylic acids is 2. The van der Waals surface area contributed by atoms with E-state index in [1.165, 1.54) is 0 Å². The Bertz CT molecular complexity index is 641. The van der Waals surface area contributed by atoms with Crippen LogP contribution in [0.25, 0.3) is 0 Å². The van der Waals surface area contributed by atoms with E-state index in [1.54, 1.807) is 0 Å². The number of hydrogen-bond acceptors (Lipinski definition) is 3. The molecule has 3 N–H and O–H groups in total. The molecule has 0 saturated carbocycles. The highest BCUT2D eigenvalue weighted by molar-refractivity contribution is 5.79. The maximum atomic E-state index is 13.7. The van der Waals surface area contributed by atoms with E-state index in [0.29, 0.717) is 38.1 Å². The van der Waals surface area contributed by atoms with Gasteiger partial charge < -0.3 is 11.1 Å². The lowest BCUT2D eigenvalue weighted by molar-refractivity contribution is -0.137. The molecular weight excluding hydrogens is 342 g/mol. The van der Waals surface area contributed by atoms with Gasteiger partial charge in [0.1, 0.15) is 5.82 Å². The molecule has 138 valence electrons. The Labute approximate surface area is 142 Å². The van der Waals surface area contributed by atoms with Gasteiger partial charge in [0, 0.05) is 18.0 Å². The van der Waals surface area contributed by atoms with E-state index in [0.717, 1.165) is 6.07 Å². The predicted octanol–water partition coefficient (Wildman–Crippen LogP) is 1.66. The summed E-state index contributed by atoms with van der Waals surface area (Å²) in [5, 5.41) is 2.49. The van der Waals surface area contributed by atoms with E-state index in [2.05, 4.69) is 5.32 Å². The fourth-order valence-electron chi connectivity index (χ4n) is 2.79. The van der Waals surface area contributed by atoms with Crippen LogP contribution in [0.4, 0.5) is 17.6 Å². The van der Waals surface area contributed by atoms with E-state index in [9.17, 15) is 27.2 Å². The maximum absolute atomic E-state index is 13.7. The summed E-state index contributed by atoms with van der Waals surface area (Å²) < 4.78 is 51.7. The molecule has 1 aliphatic rings. The van der Waals surface area contributed by atoms with Gasteiger partial charge in [-0.25, -0.2) is 4.39 Å². The van der Waals surface area contributed by atoms with Crippen LogP contribution in [0.3, 0.4) is 0 Å². The molecule has 1 aliphatic heterocycles. The lowest BCUT2D eigenvalue weighted by atomic mass is 9.95. The first-order valence-electron chi connectivity index (χ1n) is 7.81. The molecule has 1 aromatic carbocycles. The van der Waals surface area contributed by atoms with Crippen LogP contribution >= 0.6 is 0 Å². The zero-order valence-corrected chi connectivity index (χ0v) is 13.4. The van der Waals surface area contributed by atoms with Crippen LogP contribution in [-0.4, -0.2) is 36.3 Å². The second kappa shape index (κ2) is 7.81. The van der Waals surface area contributed by atoms with Crippen LogP contribution in [0, 0.1) is 11.7 Å². The van der Waals surface area contributed by atoms with Crippen molar-refractivity contribution in [3.8, 4) is 0 Å². The third-order valence-electron chi connectivity index (χ3n) is 4.16. The monoisotopic (exact) mass is 361 g/mol. The molecular formula is C16H19F4N3O2. The van der Waals surface area contributed by atoms with Crippen molar-refractivity contribution in [2.24, 2.45) is 11.7 Å². The second-order valence-electron chi connectivity index (χ2n) is 6.04. The number of nitrogens with two attached hydrogens (primary N) is 1. The van der Waals surface area contributed by atoms with Gasteiger partial charge in [0.15, 0.2) is 0 Å². The molecule has 1 saturated heterocycles. The highest BCUT2D eigenvalue weighted by Gasteiger charge is 2.31. The molecule has 0 aliphatic carbocycles. The van der Waals surface area contributed by atoms with Crippen molar-refractivity contribution >= 4 is 11.8 Å². The Morgan fingerprint density at radius 1 is 1.24 bits per heavy atom. The highest BCUT2D eigenvalue weighted by Crippen LogP contribution is 2.30. The molecule has 0 aromatic heterocycles. The number of halogens is 4. The summed E-state index contributed by atoms with van der Waals surface area (Å²) in [5.74, 6) is -1.90. The number of likely N-dealkylation sites (tertiary alicyclic amines) is 1. The van der Waals surface area contributed by atoms with Crippen molar-refractivity contribution in [3.63, 3.8) is 0 Å². The highest BCUT2D eigenvalue weighted by atomic mass is 19.4. The molecule has 5 nitrogen and oxygen atoms in total. The van der Waals surface area contributed by atoms with Crippen LogP contribution in [0.15, 0.2) is 18.2 Å². The first kappa shape index (κ1) is 19.2. The first-order chi connectivity index (χ1) is 11.7. The molecule has 0 bridgehead atoms. The Morgan fingerprint density at radius 3 is 2.44 bits per heavy atom. The van der Waals surface area contributed by atoms with Gasteiger partial charge in [0.05, 0.1) is 12.1 Å². The Balaban J connectivity index is 1.89. The summed E-state index contributed by atoms with van der Waals surface area (Å²) in [6.45, 7) is 0.873. The molecule has 1 aromatic rings. The van der Waals surface area contributed by atoms with Gasteiger partial charge in [-0.1, -0.05) is 0 Å². The molecule has 0 spiro atoms. The maximum Gasteiger partial charge on any atom is 0.416 e. The largest absolute Gasteiger partial charge is 0.416 e. The Morgan fingerprint density at radius 2 is 1.88 bits per heavy atom. The predicted molar refractivity (Wildman–Crippen MR) is 81.6 cm³/mol. The topological polar surface area (TPSA) is 75.4 Å². The second-order valence-corrected chi connectivity index (χ2v) is 6.04. The number of hydrogen-bond donors (Lipinski definition) is 2. The number of alkyl halides is 3. The number of piperidine rings is 1. The molecule has 1 heterocycles. The third-order valence-corrected chi connectivity index (χ3v) is 4.16. The summed E-state index contributed by atoms with van der Waals surface area (Å²) in [5.41, 5.74) is 3.94. The number of amides is 2. The smallest absolute Gasteiger partial charge is 0.369 e. The van der Waals surface area contributed by atoms with E-state index in [-0.39, 0.29) is 30.5 Å². The van der Waals surface area contributed by atoms with Crippen molar-refractivity contribution in [3.05, 3.63) is 35.1 Å². The summed E-state index contributed by atoms with van der Waals surface area (Å²) in [6, 6.07) is 2.10. The normalized spacial score (nSPS) is 16.6. The van der Waals surface area contributed by atoms with E-state index < -0.39 is 23.5 Å². The number of carbonyl (C=O) groups is 2. The SMILES string of the molecule is NC(=O)CN1CCC(C(=O)NCc2cc(C(F)(F)F)ccc2F)CC1. The number of nitrogens with zero attached hydrogens (tertiary/aromatic N) is 1. The standard InChI is InChI=1S/C16H19F4N3O2/c17-13-2-1-12(16(18,19)20)7-11(13)8-22-15(25)10-3-5-23(6-4-10)9-14(21)24/h1-2,7,10H,3-6,8-9H2,(H2,21,24)(H,22,25). The molecule has 2 rings (SSSR count). The van der Waals surface area contributed by atoms with E-state index >= 15 is 0 Å². The van der Waals surface area contributed by atoms with Crippen LogP contribution in [0.2, 0.25) is 0 Å². The minimum Gasteiger partial charge on any atom is -0.369 e. The molecule has 9 heteroatoms. The van der Waals surface area contributed by atoms with E-state index in [1.807, 2.05) is 4.90 Å². The quantitative estimate of drug-likeness (QED) is 0.784. The number of rotatable bonds is 5. The van der Waals surface area contributed by atoms with Gasteiger partial charge in [-0.3, -0.25) is 14.5 Å². The zero-order valence-electron chi connectivity index (χ0n) is 13.4. The third kappa shape index (κ3) is 5.42. The lowest BCUT2D eigenvalue weighted by Crippen LogP contribution is -2.43. The summed E-state index contributed by atoms with van der Waals surface area (Å²) >= 11 is 0. The van der Waals surface area contributed by atoms with Crippen LogP contribution < -0.4 is 11.1 Å². The fourth-order valence-corrected chi connectivity index (χ4v) is 2.79. The molecule has 0 radical (unpaired) electrons. The number of nitrogens with one attached hydrogen (secondary N) is 1. The minimum absolute atomic E-state index is 0.129. The van der Waals surface area contributed by atoms with Gasteiger partial charge >= 0.3 is 6.18 Å². The van der Waals surface area contributed by atoms with Gasteiger partial charge in [0.2, 0.25) is 11.8 Å². The minimum atomic E-state index is -4.57. The summed E-state index contributed by atoms with van der Waals surface area (Å²) in [6.07, 6.45) is -3.56. The average molecular weight is 361 g/mol. The van der Waals surface area contributed by atoms with Gasteiger partial charge in [-0.2, -0.15) is 13.2 Å². The molecule has 1 fully saturated rings. The fraction of sp³-hybridized carbons (Fsp3) is 0.500. The Kier molecular flexibility index (Phi) is 5.99. The van der Waals surface area contributed by atoms with Gasteiger partial charge in [-0.15, -0.1) is 0 Å². The van der Waals surface area contributed by atoms with Crippen molar-refractivity contribution in [1.82, 2.24) is 10.2 Å². The van der Waals surface area contributed by atoms with Crippen LogP contribution in [0.1, 0.15) is 24.0 Å². The van der Waals surface area contributed by atoms with Crippen LogP contribution in [0.5, 0.6) is 0 Å². The van der Waals surface area contributed by atoms with E-state index in [4.69, 9.17) is 5.73 Å². The number of primary amides is 1. The number of benzene rings is 1. The first-order valence-corrected chi connectivity index (χ1v) is 7.81. The lowest BCUT2D eigenvalue weighted by Gasteiger charge is -2.30. The molecule has 0 atom stereocenters. The van der Waals surface area contributed by atoms with Crippen molar-refractivity contribution in [2.45, 2.75) is 25.6 Å². The van der Waals surface area contributed by atoms with Crippen molar-refractivity contribution < 1.29 is 27.2 Å². The van der Waals surface area contributed by atoms with Crippen molar-refractivity contribution in [1.29, 1.82) is 0 Å². The van der Waals surface area contributed by atoms with Crippen LogP contribution in [-0.2, 0) is 22.3 Å². The van der Waals surface area contributed by atoms with Gasteiger partial charge in [-0.05, 0) is 44.1 Å². The molecule has 0 unspecified atom stereocenters. The van der Waals surface area contributed by atoms with Crippen molar-refractivity contribution in [2.75, 3.05) is 19.6 Å². The Hall–Kier alpha value is -2.16. The summed E-state index contributed by atoms with van der Waals surface area (Å²) in [4.78, 5) is 24.8. The summed E-state index contributed by atoms with van der Waals surface area (Å²) in [7, 11) is 0. The molecule has 25 heavy (non-hydrogen) atoms. The molecule has 2 amide bonds. The van der Waals surface area contributed by atoms with Gasteiger partial charge in [0.25, 0.3) is 0 Å². The zero-order chi connectivity index (χ0) is 18.6. The average Bonchev–Trinajstić information content (AvgIpc) is 2.53.